The lowest BCUT2D eigenvalue weighted by Gasteiger charge is -2.28. The van der Waals surface area contributed by atoms with Crippen molar-refractivity contribution in [2.24, 2.45) is 5.73 Å². The molecular formula is C34H64Cl3N5O7. The van der Waals surface area contributed by atoms with Crippen molar-refractivity contribution >= 4 is 63.9 Å². The van der Waals surface area contributed by atoms with Crippen LogP contribution < -0.4 is 11.1 Å². The first-order valence-electron chi connectivity index (χ1n) is 16.4. The largest absolute Gasteiger partial charge is 0.444 e. The Labute approximate surface area is 310 Å². The number of nitrogens with zero attached hydrogens (tertiary/aromatic N) is 3. The molecule has 0 unspecified atom stereocenters. The minimum atomic E-state index is -0.508. The van der Waals surface area contributed by atoms with E-state index in [0.717, 1.165) is 45.3 Å². The summed E-state index contributed by atoms with van der Waals surface area (Å²) < 4.78 is 10.6. The van der Waals surface area contributed by atoms with Gasteiger partial charge in [-0.25, -0.2) is 9.59 Å². The highest BCUT2D eigenvalue weighted by atomic mass is 35.5. The second kappa shape index (κ2) is 24.3. The number of nitrogens with one attached hydrogen (secondary N) is 1. The maximum absolute atomic E-state index is 12.0. The van der Waals surface area contributed by atoms with Crippen molar-refractivity contribution in [2.45, 2.75) is 137 Å². The van der Waals surface area contributed by atoms with Gasteiger partial charge >= 0.3 is 12.2 Å². The van der Waals surface area contributed by atoms with Gasteiger partial charge in [0, 0.05) is 50.7 Å². The summed E-state index contributed by atoms with van der Waals surface area (Å²) >= 11 is 15.0. The summed E-state index contributed by atoms with van der Waals surface area (Å²) in [7, 11) is 0. The molecule has 4 rings (SSSR count). The number of halogens is 3. The summed E-state index contributed by atoms with van der Waals surface area (Å²) in [6.07, 6.45) is 7.08. The van der Waals surface area contributed by atoms with Crippen LogP contribution >= 0.6 is 34.8 Å². The Bertz CT molecular complexity index is 1020. The number of piperazine rings is 1. The number of likely N-dealkylation sites (tertiary alicyclic amines) is 2. The molecule has 0 saturated carbocycles. The lowest BCUT2D eigenvalue weighted by atomic mass is 10.1. The van der Waals surface area contributed by atoms with Crippen LogP contribution in [0.15, 0.2) is 0 Å². The van der Waals surface area contributed by atoms with Crippen LogP contribution in [0.2, 0.25) is 0 Å². The van der Waals surface area contributed by atoms with Crippen LogP contribution in [0.3, 0.4) is 0 Å². The molecule has 0 aromatic carbocycles. The number of Topliss-reactive ketones (excluding diaryl/α,β-unsaturated/α-hetero) is 1. The Kier molecular flexibility index (Phi) is 24.5. The molecule has 0 aromatic heterocycles. The van der Waals surface area contributed by atoms with E-state index in [1.54, 1.807) is 9.80 Å². The van der Waals surface area contributed by atoms with E-state index < -0.39 is 16.4 Å². The number of ketones is 1. The van der Waals surface area contributed by atoms with Gasteiger partial charge in [-0.1, -0.05) is 14.9 Å². The second-order valence-electron chi connectivity index (χ2n) is 13.9. The van der Waals surface area contributed by atoms with Gasteiger partial charge in [-0.2, -0.15) is 0 Å². The third-order valence-electron chi connectivity index (χ3n) is 7.67. The molecule has 3 N–H and O–H groups in total. The van der Waals surface area contributed by atoms with E-state index in [1.165, 1.54) is 12.8 Å². The monoisotopic (exact) mass is 759 g/mol. The summed E-state index contributed by atoms with van der Waals surface area (Å²) in [5.41, 5.74) is 4.68. The summed E-state index contributed by atoms with van der Waals surface area (Å²) in [4.78, 5) is 60.9. The molecule has 0 aliphatic carbocycles. The van der Waals surface area contributed by atoms with Crippen molar-refractivity contribution in [1.82, 2.24) is 20.0 Å². The Morgan fingerprint density at radius 3 is 1.73 bits per heavy atom. The van der Waals surface area contributed by atoms with Gasteiger partial charge in [0.15, 0.2) is 0 Å². The van der Waals surface area contributed by atoms with E-state index in [1.807, 2.05) is 41.5 Å². The number of amides is 3. The number of rotatable bonds is 6. The van der Waals surface area contributed by atoms with Gasteiger partial charge in [-0.3, -0.25) is 19.3 Å². The van der Waals surface area contributed by atoms with Crippen molar-refractivity contribution in [3.8, 4) is 0 Å². The van der Waals surface area contributed by atoms with Gasteiger partial charge in [0.2, 0.25) is 11.1 Å². The third kappa shape index (κ3) is 20.6. The first-order valence-corrected chi connectivity index (χ1v) is 17.9. The molecule has 0 bridgehead atoms. The molecule has 4 aliphatic heterocycles. The Morgan fingerprint density at radius 2 is 1.29 bits per heavy atom. The number of alkyl halides is 2. The Morgan fingerprint density at radius 1 is 0.816 bits per heavy atom. The van der Waals surface area contributed by atoms with Crippen molar-refractivity contribution in [1.29, 1.82) is 0 Å². The molecule has 0 radical (unpaired) electrons. The lowest BCUT2D eigenvalue weighted by Crippen LogP contribution is -2.51. The molecule has 4 aliphatic rings. The molecular weight excluding hydrogens is 697 g/mol. The molecule has 15 heteroatoms. The fourth-order valence-electron chi connectivity index (χ4n) is 5.54. The average Bonchev–Trinajstić information content (AvgIpc) is 3.75. The number of carbonyl (C=O) groups excluding carboxylic acids is 5. The maximum atomic E-state index is 12.0. The fraction of sp³-hybridized carbons (Fsp3) is 0.853. The topological polar surface area (TPSA) is 152 Å². The van der Waals surface area contributed by atoms with Crippen LogP contribution in [-0.4, -0.2) is 124 Å². The van der Waals surface area contributed by atoms with Gasteiger partial charge in [0.05, 0.1) is 18.3 Å². The molecule has 3 amide bonds. The quantitative estimate of drug-likeness (QED) is 0.240. The third-order valence-corrected chi connectivity index (χ3v) is 8.48. The molecule has 49 heavy (non-hydrogen) atoms. The highest BCUT2D eigenvalue weighted by molar-refractivity contribution is 6.67. The summed E-state index contributed by atoms with van der Waals surface area (Å²) in [5.74, 6) is 0.187. The summed E-state index contributed by atoms with van der Waals surface area (Å²) in [5, 5.41) is 2.37. The van der Waals surface area contributed by atoms with Crippen molar-refractivity contribution in [3.05, 3.63) is 0 Å². The van der Waals surface area contributed by atoms with Gasteiger partial charge in [-0.15, -0.1) is 23.2 Å². The number of hydrogen-bond acceptors (Lipinski definition) is 9. The maximum Gasteiger partial charge on any atom is 0.410 e. The predicted molar refractivity (Wildman–Crippen MR) is 199 cm³/mol. The molecule has 4 heterocycles. The minimum Gasteiger partial charge on any atom is -0.444 e. The van der Waals surface area contributed by atoms with Crippen LogP contribution in [-0.2, 0) is 23.9 Å². The van der Waals surface area contributed by atoms with E-state index >= 15 is 0 Å². The molecule has 4 fully saturated rings. The normalized spacial score (nSPS) is 21.4. The van der Waals surface area contributed by atoms with Crippen LogP contribution in [0.1, 0.15) is 108 Å². The van der Waals surface area contributed by atoms with E-state index in [-0.39, 0.29) is 62.6 Å². The highest BCUT2D eigenvalue weighted by Gasteiger charge is 2.33. The highest BCUT2D eigenvalue weighted by Crippen LogP contribution is 2.24. The zero-order valence-electron chi connectivity index (χ0n) is 29.0. The van der Waals surface area contributed by atoms with Crippen molar-refractivity contribution < 1.29 is 33.4 Å². The Hall–Kier alpha value is -1.86. The standard InChI is InChI=1S/C13H22ClNO3.C10H20N2O2.C7H12N2O.C2H2Cl2O.2CH4/c1-13(2,3)18-12(17)15-8-4-5-10(15)6-7-11(16)9-14;1-10(2,3)14-9(13)12-6-4-5-8(12)7-11;10-7-5-9-3-1-2-6(9)4-8-7;3-1-2(4)5;;/h10H,4-9H2,1-3H3;8H,4-7,11H2,1-3H3;6H,1-5H2,(H,8,10);1H2;2*1H4/t10-;8-;6-;;;/m111.../s1. The molecule has 0 aromatic rings. The van der Waals surface area contributed by atoms with Crippen LogP contribution in [0.4, 0.5) is 9.59 Å². The second-order valence-corrected chi connectivity index (χ2v) is 14.9. The molecule has 288 valence electrons. The van der Waals surface area contributed by atoms with Crippen molar-refractivity contribution in [3.63, 3.8) is 0 Å². The van der Waals surface area contributed by atoms with Gasteiger partial charge in [0.25, 0.3) is 0 Å². The van der Waals surface area contributed by atoms with E-state index in [9.17, 15) is 24.0 Å². The Balaban J connectivity index is 0. The van der Waals surface area contributed by atoms with Gasteiger partial charge < -0.3 is 30.3 Å². The van der Waals surface area contributed by atoms with Crippen LogP contribution in [0.5, 0.6) is 0 Å². The number of hydrogen-bond donors (Lipinski definition) is 2. The predicted octanol–water partition coefficient (Wildman–Crippen LogP) is 6.16. The zero-order chi connectivity index (χ0) is 35.8. The minimum absolute atomic E-state index is 0. The van der Waals surface area contributed by atoms with Crippen LogP contribution in [0, 0.1) is 0 Å². The van der Waals surface area contributed by atoms with Crippen LogP contribution in [0.25, 0.3) is 0 Å². The van der Waals surface area contributed by atoms with E-state index in [0.29, 0.717) is 38.5 Å². The number of ether oxygens (including phenoxy) is 2. The van der Waals surface area contributed by atoms with E-state index in [2.05, 4.69) is 10.2 Å². The lowest BCUT2D eigenvalue weighted by molar-refractivity contribution is -0.124. The summed E-state index contributed by atoms with van der Waals surface area (Å²) in [6.45, 7) is 15.8. The number of fused-ring (bicyclic) bond motifs is 1. The van der Waals surface area contributed by atoms with Gasteiger partial charge in [-0.05, 0) is 105 Å². The number of nitrogens with two attached hydrogens (primary N) is 1. The van der Waals surface area contributed by atoms with Gasteiger partial charge in [0.1, 0.15) is 17.0 Å². The molecule has 12 nitrogen and oxygen atoms in total. The molecule has 0 spiro atoms. The van der Waals surface area contributed by atoms with Crippen molar-refractivity contribution in [2.75, 3.05) is 51.0 Å². The molecule has 3 atom stereocenters. The van der Waals surface area contributed by atoms with E-state index in [4.69, 9.17) is 50.0 Å². The smallest absolute Gasteiger partial charge is 0.410 e. The average molecular weight is 761 g/mol. The SMILES string of the molecule is C.C.CC(C)(C)OC(=O)N1CCC[C@@H]1CCC(=O)CCl.CC(C)(C)OC(=O)N1CCC[C@@H]1CN.O=C(Cl)CCl.O=C1CN2CCC[C@@H]2CN1. The molecule has 4 saturated heterocycles. The number of carbonyl (C=O) groups is 5. The first kappa shape index (κ1) is 49.3. The summed E-state index contributed by atoms with van der Waals surface area (Å²) in [6, 6.07) is 0.939. The fourth-order valence-corrected chi connectivity index (χ4v) is 5.67. The zero-order valence-corrected chi connectivity index (χ0v) is 31.2. The first-order chi connectivity index (χ1) is 21.9.